The zero-order valence-electron chi connectivity index (χ0n) is 11.4. The molecule has 0 aromatic heterocycles. The highest BCUT2D eigenvalue weighted by molar-refractivity contribution is 6.43. The van der Waals surface area contributed by atoms with Crippen molar-refractivity contribution in [2.75, 3.05) is 26.7 Å². The van der Waals surface area contributed by atoms with Crippen molar-refractivity contribution in [2.45, 2.75) is 12.8 Å². The van der Waals surface area contributed by atoms with Crippen LogP contribution in [-0.2, 0) is 0 Å². The van der Waals surface area contributed by atoms with Gasteiger partial charge in [-0.15, -0.1) is 12.4 Å². The van der Waals surface area contributed by atoms with E-state index >= 15 is 0 Å². The molecule has 1 aromatic rings. The van der Waals surface area contributed by atoms with E-state index in [1.54, 1.807) is 18.2 Å². The van der Waals surface area contributed by atoms with E-state index in [0.717, 1.165) is 32.5 Å². The standard InChI is InChI=1S/C14H18Cl2N2O.ClH/c1-17-8-10-4-3-7-18(9-10)14(19)11-5-2-6-12(15)13(11)16;/h2,5-6,10,17H,3-4,7-9H2,1H3;1H. The number of likely N-dealkylation sites (tertiary alicyclic amines) is 1. The number of piperidine rings is 1. The van der Waals surface area contributed by atoms with Crippen molar-refractivity contribution in [2.24, 2.45) is 5.92 Å². The van der Waals surface area contributed by atoms with Gasteiger partial charge in [0, 0.05) is 13.1 Å². The van der Waals surface area contributed by atoms with E-state index in [4.69, 9.17) is 23.2 Å². The van der Waals surface area contributed by atoms with Gasteiger partial charge in [-0.3, -0.25) is 4.79 Å². The van der Waals surface area contributed by atoms with Gasteiger partial charge in [0.1, 0.15) is 0 Å². The number of hydrogen-bond acceptors (Lipinski definition) is 2. The molecule has 0 aliphatic carbocycles. The summed E-state index contributed by atoms with van der Waals surface area (Å²) in [5.41, 5.74) is 0.499. The number of rotatable bonds is 3. The summed E-state index contributed by atoms with van der Waals surface area (Å²) >= 11 is 12.1. The fourth-order valence-corrected chi connectivity index (χ4v) is 2.93. The molecular weight excluding hydrogens is 319 g/mol. The monoisotopic (exact) mass is 336 g/mol. The van der Waals surface area contributed by atoms with Crippen molar-refractivity contribution in [1.29, 1.82) is 0 Å². The van der Waals surface area contributed by atoms with Crippen molar-refractivity contribution in [3.8, 4) is 0 Å². The first-order chi connectivity index (χ1) is 9.13. The average molecular weight is 338 g/mol. The fraction of sp³-hybridized carbons (Fsp3) is 0.500. The summed E-state index contributed by atoms with van der Waals surface area (Å²) in [5, 5.41) is 3.95. The van der Waals surface area contributed by atoms with Crippen LogP contribution in [0.2, 0.25) is 10.0 Å². The van der Waals surface area contributed by atoms with Gasteiger partial charge in [-0.25, -0.2) is 0 Å². The number of benzene rings is 1. The molecule has 1 heterocycles. The summed E-state index contributed by atoms with van der Waals surface area (Å²) in [6.45, 7) is 2.51. The van der Waals surface area contributed by atoms with Gasteiger partial charge in [-0.1, -0.05) is 29.3 Å². The molecule has 3 nitrogen and oxygen atoms in total. The Morgan fingerprint density at radius 1 is 1.45 bits per heavy atom. The maximum absolute atomic E-state index is 12.5. The fourth-order valence-electron chi connectivity index (χ4n) is 2.54. The smallest absolute Gasteiger partial charge is 0.255 e. The Morgan fingerprint density at radius 2 is 2.20 bits per heavy atom. The maximum atomic E-state index is 12.5. The van der Waals surface area contributed by atoms with Gasteiger partial charge in [-0.05, 0) is 44.5 Å². The second kappa shape index (κ2) is 8.08. The lowest BCUT2D eigenvalue weighted by Crippen LogP contribution is -2.42. The van der Waals surface area contributed by atoms with Crippen LogP contribution in [0.3, 0.4) is 0 Å². The number of hydrogen-bond donors (Lipinski definition) is 1. The van der Waals surface area contributed by atoms with Gasteiger partial charge >= 0.3 is 0 Å². The number of amides is 1. The largest absolute Gasteiger partial charge is 0.338 e. The Bertz CT molecular complexity index is 466. The third-order valence-corrected chi connectivity index (χ3v) is 4.30. The maximum Gasteiger partial charge on any atom is 0.255 e. The minimum atomic E-state index is -0.0201. The molecule has 6 heteroatoms. The summed E-state index contributed by atoms with van der Waals surface area (Å²) in [7, 11) is 1.94. The van der Waals surface area contributed by atoms with Crippen LogP contribution in [0.1, 0.15) is 23.2 Å². The Labute approximate surface area is 136 Å². The predicted octanol–water partition coefficient (Wildman–Crippen LogP) is 3.49. The van der Waals surface area contributed by atoms with Gasteiger partial charge in [-0.2, -0.15) is 0 Å². The number of halogens is 3. The number of carbonyl (C=O) groups excluding carboxylic acids is 1. The molecule has 1 aliphatic heterocycles. The molecule has 112 valence electrons. The normalized spacial score (nSPS) is 18.6. The molecule has 0 radical (unpaired) electrons. The van der Waals surface area contributed by atoms with Crippen molar-refractivity contribution in [3.63, 3.8) is 0 Å². The minimum Gasteiger partial charge on any atom is -0.338 e. The van der Waals surface area contributed by atoms with E-state index in [9.17, 15) is 4.79 Å². The van der Waals surface area contributed by atoms with Crippen LogP contribution in [-0.4, -0.2) is 37.5 Å². The molecule has 0 saturated carbocycles. The Kier molecular flexibility index (Phi) is 7.10. The lowest BCUT2D eigenvalue weighted by Gasteiger charge is -2.33. The molecule has 1 amide bonds. The predicted molar refractivity (Wildman–Crippen MR) is 86.3 cm³/mol. The number of nitrogens with one attached hydrogen (secondary N) is 1. The van der Waals surface area contributed by atoms with Crippen molar-refractivity contribution >= 4 is 41.5 Å². The second-order valence-electron chi connectivity index (χ2n) is 4.92. The van der Waals surface area contributed by atoms with Crippen LogP contribution < -0.4 is 5.32 Å². The Balaban J connectivity index is 0.00000200. The Hall–Kier alpha value is -0.480. The van der Waals surface area contributed by atoms with Gasteiger partial charge in [0.2, 0.25) is 0 Å². The van der Waals surface area contributed by atoms with Crippen LogP contribution in [0.5, 0.6) is 0 Å². The van der Waals surface area contributed by atoms with Crippen LogP contribution in [0.25, 0.3) is 0 Å². The first-order valence-electron chi connectivity index (χ1n) is 6.51. The first kappa shape index (κ1) is 17.6. The van der Waals surface area contributed by atoms with Gasteiger partial charge in [0.15, 0.2) is 0 Å². The first-order valence-corrected chi connectivity index (χ1v) is 7.27. The topological polar surface area (TPSA) is 32.3 Å². The lowest BCUT2D eigenvalue weighted by molar-refractivity contribution is 0.0674. The molecule has 0 spiro atoms. The number of nitrogens with zero attached hydrogens (tertiary/aromatic N) is 1. The van der Waals surface area contributed by atoms with Crippen LogP contribution >= 0.6 is 35.6 Å². The molecule has 1 atom stereocenters. The number of carbonyl (C=O) groups is 1. The molecule has 1 aliphatic rings. The molecular formula is C14H19Cl3N2O. The quantitative estimate of drug-likeness (QED) is 0.915. The van der Waals surface area contributed by atoms with Crippen LogP contribution in [0.15, 0.2) is 18.2 Å². The minimum absolute atomic E-state index is 0. The van der Waals surface area contributed by atoms with E-state index < -0.39 is 0 Å². The highest BCUT2D eigenvalue weighted by atomic mass is 35.5. The van der Waals surface area contributed by atoms with Gasteiger partial charge in [0.05, 0.1) is 15.6 Å². The van der Waals surface area contributed by atoms with Gasteiger partial charge in [0.25, 0.3) is 5.91 Å². The average Bonchev–Trinajstić information content (AvgIpc) is 2.42. The second-order valence-corrected chi connectivity index (χ2v) is 5.70. The molecule has 0 bridgehead atoms. The van der Waals surface area contributed by atoms with E-state index in [1.807, 2.05) is 11.9 Å². The molecule has 1 saturated heterocycles. The molecule has 2 rings (SSSR count). The highest BCUT2D eigenvalue weighted by Gasteiger charge is 2.25. The Morgan fingerprint density at radius 3 is 2.90 bits per heavy atom. The third kappa shape index (κ3) is 4.01. The lowest BCUT2D eigenvalue weighted by atomic mass is 9.97. The molecule has 20 heavy (non-hydrogen) atoms. The zero-order chi connectivity index (χ0) is 13.8. The van der Waals surface area contributed by atoms with Gasteiger partial charge < -0.3 is 10.2 Å². The highest BCUT2D eigenvalue weighted by Crippen LogP contribution is 2.27. The van der Waals surface area contributed by atoms with E-state index in [-0.39, 0.29) is 18.3 Å². The van der Waals surface area contributed by atoms with Crippen LogP contribution in [0, 0.1) is 5.92 Å². The zero-order valence-corrected chi connectivity index (χ0v) is 13.7. The SMILES string of the molecule is CNCC1CCCN(C(=O)c2cccc(Cl)c2Cl)C1.Cl. The molecule has 1 N–H and O–H groups in total. The van der Waals surface area contributed by atoms with Crippen molar-refractivity contribution in [3.05, 3.63) is 33.8 Å². The molecule has 1 fully saturated rings. The van der Waals surface area contributed by atoms with Crippen molar-refractivity contribution in [1.82, 2.24) is 10.2 Å². The molecule has 1 aromatic carbocycles. The van der Waals surface area contributed by atoms with E-state index in [0.29, 0.717) is 21.5 Å². The van der Waals surface area contributed by atoms with Crippen molar-refractivity contribution < 1.29 is 4.79 Å². The summed E-state index contributed by atoms with van der Waals surface area (Å²) in [4.78, 5) is 14.4. The summed E-state index contributed by atoms with van der Waals surface area (Å²) < 4.78 is 0. The van der Waals surface area contributed by atoms with E-state index in [1.165, 1.54) is 0 Å². The summed E-state index contributed by atoms with van der Waals surface area (Å²) in [6.07, 6.45) is 2.20. The molecule has 1 unspecified atom stereocenters. The third-order valence-electron chi connectivity index (χ3n) is 3.48. The summed E-state index contributed by atoms with van der Waals surface area (Å²) in [5.74, 6) is 0.494. The van der Waals surface area contributed by atoms with Crippen LogP contribution in [0.4, 0.5) is 0 Å². The summed E-state index contributed by atoms with van der Waals surface area (Å²) in [6, 6.07) is 5.19. The van der Waals surface area contributed by atoms with E-state index in [2.05, 4.69) is 5.32 Å².